The lowest BCUT2D eigenvalue weighted by Gasteiger charge is -2.06. The molecule has 3 N–H and O–H groups in total. The van der Waals surface area contributed by atoms with Crippen LogP contribution in [0.4, 0.5) is 11.4 Å². The molecule has 3 rings (SSSR count). The summed E-state index contributed by atoms with van der Waals surface area (Å²) in [5.41, 5.74) is 1.07. The summed E-state index contributed by atoms with van der Waals surface area (Å²) in [7, 11) is 1.54. The number of hydrogen-bond acceptors (Lipinski definition) is 7. The van der Waals surface area contributed by atoms with Crippen molar-refractivity contribution in [2.75, 3.05) is 24.4 Å². The Morgan fingerprint density at radius 2 is 1.70 bits per heavy atom. The predicted molar refractivity (Wildman–Crippen MR) is 140 cm³/mol. The molecule has 0 fully saturated rings. The van der Waals surface area contributed by atoms with Crippen molar-refractivity contribution < 1.29 is 24.2 Å². The summed E-state index contributed by atoms with van der Waals surface area (Å²) in [6.45, 7) is 2.03. The van der Waals surface area contributed by atoms with Gasteiger partial charge in [-0.1, -0.05) is 12.1 Å². The molecular weight excluding hydrogens is 496 g/mol. The number of anilines is 2. The highest BCUT2D eigenvalue weighted by Crippen LogP contribution is 2.12. The summed E-state index contributed by atoms with van der Waals surface area (Å²) in [6.07, 6.45) is 2.14. The standard InChI is InChI=1S/C26H24N4O6S/c1-16(31)28-19-8-4-17(5-9-19)14-22-24(33)30(12-3-13-36-2)25(37-22)21(15-27)23(32)29-20-10-6-18(7-11-20)26(34)35/h4-11,14H,3,12-13H2,1-2H3,(H,28,31)(H,29,32)(H,34,35). The first-order valence-electron chi connectivity index (χ1n) is 11.1. The first-order chi connectivity index (χ1) is 17.7. The highest BCUT2D eigenvalue weighted by molar-refractivity contribution is 7.07. The number of carboxylic acids is 1. The smallest absolute Gasteiger partial charge is 0.335 e. The molecule has 0 unspecified atom stereocenters. The number of ether oxygens (including phenoxy) is 1. The molecule has 2 aromatic carbocycles. The molecule has 0 saturated carbocycles. The van der Waals surface area contributed by atoms with Crippen molar-refractivity contribution >= 4 is 52.1 Å². The Balaban J connectivity index is 2.05. The monoisotopic (exact) mass is 520 g/mol. The number of methoxy groups -OCH3 is 1. The maximum Gasteiger partial charge on any atom is 0.335 e. The first kappa shape index (κ1) is 27.1. The number of aromatic nitrogens is 1. The van der Waals surface area contributed by atoms with Gasteiger partial charge in [-0.15, -0.1) is 11.3 Å². The zero-order valence-electron chi connectivity index (χ0n) is 20.1. The van der Waals surface area contributed by atoms with Crippen molar-refractivity contribution in [3.8, 4) is 6.07 Å². The fraction of sp³-hybridized carbons (Fsp3) is 0.192. The lowest BCUT2D eigenvalue weighted by Crippen LogP contribution is -2.34. The van der Waals surface area contributed by atoms with Crippen molar-refractivity contribution in [2.45, 2.75) is 19.9 Å². The predicted octanol–water partition coefficient (Wildman–Crippen LogP) is 1.74. The Morgan fingerprint density at radius 3 is 2.27 bits per heavy atom. The minimum Gasteiger partial charge on any atom is -0.478 e. The molecule has 0 aliphatic rings. The number of carbonyl (C=O) groups is 3. The molecule has 0 spiro atoms. The molecule has 1 aromatic heterocycles. The third kappa shape index (κ3) is 7.00. The third-order valence-corrected chi connectivity index (χ3v) is 6.24. The number of carbonyl (C=O) groups excluding carboxylic acids is 2. The van der Waals surface area contributed by atoms with Crippen LogP contribution in [0.2, 0.25) is 0 Å². The Bertz CT molecular complexity index is 1530. The van der Waals surface area contributed by atoms with Crippen molar-refractivity contribution in [1.29, 1.82) is 5.26 Å². The molecule has 0 atom stereocenters. The van der Waals surface area contributed by atoms with E-state index in [9.17, 15) is 24.4 Å². The van der Waals surface area contributed by atoms with Crippen molar-refractivity contribution in [1.82, 2.24) is 4.57 Å². The van der Waals surface area contributed by atoms with Gasteiger partial charge in [-0.3, -0.25) is 19.0 Å². The van der Waals surface area contributed by atoms with E-state index in [0.29, 0.717) is 34.5 Å². The lowest BCUT2D eigenvalue weighted by atomic mass is 10.2. The van der Waals surface area contributed by atoms with Crippen LogP contribution in [-0.4, -0.2) is 41.2 Å². The summed E-state index contributed by atoms with van der Waals surface area (Å²) in [6, 6.07) is 14.3. The van der Waals surface area contributed by atoms with E-state index in [2.05, 4.69) is 10.6 Å². The Kier molecular flexibility index (Phi) is 9.10. The molecule has 0 aliphatic heterocycles. The van der Waals surface area contributed by atoms with Crippen LogP contribution in [0.1, 0.15) is 29.3 Å². The number of carboxylic acid groups (broad SMARTS) is 1. The third-order valence-electron chi connectivity index (χ3n) is 5.11. The van der Waals surface area contributed by atoms with Crippen LogP contribution >= 0.6 is 11.3 Å². The topological polar surface area (TPSA) is 151 Å². The highest BCUT2D eigenvalue weighted by atomic mass is 32.1. The van der Waals surface area contributed by atoms with Crippen LogP contribution in [0.5, 0.6) is 0 Å². The molecule has 3 aromatic rings. The Labute approximate surface area is 215 Å². The second-order valence-corrected chi connectivity index (χ2v) is 8.88. The van der Waals surface area contributed by atoms with E-state index in [0.717, 1.165) is 11.3 Å². The van der Waals surface area contributed by atoms with Crippen LogP contribution in [0.25, 0.3) is 11.6 Å². The zero-order chi connectivity index (χ0) is 26.9. The summed E-state index contributed by atoms with van der Waals surface area (Å²) < 4.78 is 6.99. The molecule has 0 bridgehead atoms. The Morgan fingerprint density at radius 1 is 1.08 bits per heavy atom. The van der Waals surface area contributed by atoms with Gasteiger partial charge in [-0.25, -0.2) is 4.79 Å². The van der Waals surface area contributed by atoms with Gasteiger partial charge in [-0.2, -0.15) is 5.26 Å². The fourth-order valence-electron chi connectivity index (χ4n) is 3.38. The number of nitriles is 1. The van der Waals surface area contributed by atoms with Gasteiger partial charge in [0.05, 0.1) is 10.1 Å². The maximum atomic E-state index is 13.2. The molecule has 0 radical (unpaired) electrons. The van der Waals surface area contributed by atoms with Crippen LogP contribution < -0.4 is 25.4 Å². The van der Waals surface area contributed by atoms with Crippen LogP contribution in [0.15, 0.2) is 53.3 Å². The summed E-state index contributed by atoms with van der Waals surface area (Å²) in [5, 5.41) is 24.1. The van der Waals surface area contributed by atoms with Gasteiger partial charge in [0.1, 0.15) is 10.7 Å². The molecule has 1 heterocycles. The number of amides is 2. The van der Waals surface area contributed by atoms with E-state index in [4.69, 9.17) is 9.84 Å². The van der Waals surface area contributed by atoms with Crippen LogP contribution in [-0.2, 0) is 20.9 Å². The lowest BCUT2D eigenvalue weighted by molar-refractivity contribution is -0.114. The average molecular weight is 521 g/mol. The van der Waals surface area contributed by atoms with Crippen molar-refractivity contribution in [2.24, 2.45) is 0 Å². The van der Waals surface area contributed by atoms with E-state index >= 15 is 0 Å². The summed E-state index contributed by atoms with van der Waals surface area (Å²) in [5.74, 6) is -2.03. The molecule has 37 heavy (non-hydrogen) atoms. The maximum absolute atomic E-state index is 13.2. The van der Waals surface area contributed by atoms with Crippen molar-refractivity contribution in [3.05, 3.63) is 79.2 Å². The molecule has 10 nitrogen and oxygen atoms in total. The molecule has 11 heteroatoms. The van der Waals surface area contributed by atoms with E-state index < -0.39 is 11.9 Å². The zero-order valence-corrected chi connectivity index (χ0v) is 20.9. The van der Waals surface area contributed by atoms with E-state index in [1.807, 2.05) is 6.07 Å². The molecule has 0 aliphatic carbocycles. The first-order valence-corrected chi connectivity index (χ1v) is 11.9. The van der Waals surface area contributed by atoms with Gasteiger partial charge in [0.2, 0.25) is 5.91 Å². The number of hydrogen-bond donors (Lipinski definition) is 3. The number of aromatic carboxylic acids is 1. The average Bonchev–Trinajstić information content (AvgIpc) is 3.15. The second kappa shape index (κ2) is 12.4. The number of thiazole rings is 1. The van der Waals surface area contributed by atoms with Gasteiger partial charge < -0.3 is 20.5 Å². The number of nitrogens with one attached hydrogen (secondary N) is 2. The number of benzene rings is 2. The van der Waals surface area contributed by atoms with E-state index in [-0.39, 0.29) is 33.8 Å². The number of rotatable bonds is 9. The van der Waals surface area contributed by atoms with Gasteiger partial charge in [-0.05, 0) is 54.5 Å². The largest absolute Gasteiger partial charge is 0.478 e. The van der Waals surface area contributed by atoms with Crippen molar-refractivity contribution in [3.63, 3.8) is 0 Å². The fourth-order valence-corrected chi connectivity index (χ4v) is 4.50. The van der Waals surface area contributed by atoms with Gasteiger partial charge in [0, 0.05) is 38.6 Å². The van der Waals surface area contributed by atoms with E-state index in [1.54, 1.807) is 30.3 Å². The normalized spacial score (nSPS) is 12.0. The second-order valence-electron chi connectivity index (χ2n) is 7.85. The summed E-state index contributed by atoms with van der Waals surface area (Å²) >= 11 is 1.02. The molecule has 0 saturated heterocycles. The SMILES string of the molecule is COCCCn1c(=C(C#N)C(=O)Nc2ccc(C(=O)O)cc2)sc(=Cc2ccc(NC(C)=O)cc2)c1=O. The van der Waals surface area contributed by atoms with Gasteiger partial charge >= 0.3 is 5.97 Å². The van der Waals surface area contributed by atoms with E-state index in [1.165, 1.54) is 42.9 Å². The van der Waals surface area contributed by atoms with Gasteiger partial charge in [0.25, 0.3) is 11.5 Å². The molecular formula is C26H24N4O6S. The molecule has 190 valence electrons. The van der Waals surface area contributed by atoms with Crippen LogP contribution in [0, 0.1) is 11.3 Å². The van der Waals surface area contributed by atoms with Crippen LogP contribution in [0.3, 0.4) is 0 Å². The molecule has 2 amide bonds. The highest BCUT2D eigenvalue weighted by Gasteiger charge is 2.16. The van der Waals surface area contributed by atoms with Gasteiger partial charge in [0.15, 0.2) is 5.57 Å². The quantitative estimate of drug-likeness (QED) is 0.364. The Hall–Kier alpha value is -4.53. The minimum absolute atomic E-state index is 0.0537. The summed E-state index contributed by atoms with van der Waals surface area (Å²) in [4.78, 5) is 48.5. The minimum atomic E-state index is -1.10. The number of nitrogens with zero attached hydrogens (tertiary/aromatic N) is 2.